The molecule has 1 heterocycles. The molecule has 3 aromatic carbocycles. The second kappa shape index (κ2) is 12.2. The van der Waals surface area contributed by atoms with E-state index in [1.165, 1.54) is 0 Å². The molecular formula is C29H27ClN2O5. The molecular weight excluding hydrogens is 492 g/mol. The van der Waals surface area contributed by atoms with Gasteiger partial charge >= 0.3 is 5.97 Å². The van der Waals surface area contributed by atoms with Crippen LogP contribution in [0.2, 0.25) is 5.02 Å². The van der Waals surface area contributed by atoms with E-state index in [0.717, 1.165) is 22.6 Å². The minimum absolute atomic E-state index is 0.00800. The van der Waals surface area contributed by atoms with Crippen molar-refractivity contribution in [2.75, 3.05) is 6.61 Å². The number of hydrogen-bond donors (Lipinski definition) is 2. The van der Waals surface area contributed by atoms with E-state index in [0.29, 0.717) is 35.3 Å². The smallest absolute Gasteiger partial charge is 0.326 e. The highest BCUT2D eigenvalue weighted by molar-refractivity contribution is 6.31. The summed E-state index contributed by atoms with van der Waals surface area (Å²) in [6, 6.07) is 22.8. The van der Waals surface area contributed by atoms with Crippen molar-refractivity contribution in [2.24, 2.45) is 0 Å². The number of carbonyl (C=O) groups excluding carboxylic acids is 1. The van der Waals surface area contributed by atoms with Gasteiger partial charge in [0.05, 0.1) is 18.7 Å². The van der Waals surface area contributed by atoms with Crippen LogP contribution in [0.15, 0.2) is 83.3 Å². The number of aryl methyl sites for hydroxylation is 1. The van der Waals surface area contributed by atoms with Gasteiger partial charge in [0.15, 0.2) is 0 Å². The number of ether oxygens (including phenoxy) is 1. The van der Waals surface area contributed by atoms with E-state index in [2.05, 4.69) is 10.3 Å². The zero-order valence-corrected chi connectivity index (χ0v) is 21.1. The maximum Gasteiger partial charge on any atom is 0.326 e. The maximum absolute atomic E-state index is 12.4. The van der Waals surface area contributed by atoms with E-state index in [9.17, 15) is 14.7 Å². The summed E-state index contributed by atoms with van der Waals surface area (Å²) in [6.07, 6.45) is 0.737. The fourth-order valence-electron chi connectivity index (χ4n) is 3.85. The van der Waals surface area contributed by atoms with Crippen LogP contribution in [-0.2, 0) is 28.9 Å². The predicted octanol–water partition coefficient (Wildman–Crippen LogP) is 5.28. The molecule has 7 nitrogen and oxygen atoms in total. The summed E-state index contributed by atoms with van der Waals surface area (Å²) >= 11 is 6.10. The average Bonchev–Trinajstić information content (AvgIpc) is 3.27. The van der Waals surface area contributed by atoms with Crippen molar-refractivity contribution < 1.29 is 23.8 Å². The molecule has 1 aromatic heterocycles. The second-order valence-electron chi connectivity index (χ2n) is 8.56. The number of carboxylic acids is 1. The Bertz CT molecular complexity index is 1350. The Kier molecular flexibility index (Phi) is 8.59. The number of nitrogens with one attached hydrogen (secondary N) is 1. The Morgan fingerprint density at radius 3 is 2.43 bits per heavy atom. The largest absolute Gasteiger partial charge is 0.493 e. The summed E-state index contributed by atoms with van der Waals surface area (Å²) in [5, 5.41) is 12.7. The topological polar surface area (TPSA) is 102 Å². The van der Waals surface area contributed by atoms with Gasteiger partial charge in [-0.25, -0.2) is 9.78 Å². The zero-order valence-electron chi connectivity index (χ0n) is 20.3. The van der Waals surface area contributed by atoms with Gasteiger partial charge in [0.25, 0.3) is 0 Å². The van der Waals surface area contributed by atoms with Crippen LogP contribution in [-0.4, -0.2) is 34.6 Å². The number of carbonyl (C=O) groups is 2. The van der Waals surface area contributed by atoms with Gasteiger partial charge in [-0.2, -0.15) is 0 Å². The molecule has 0 fully saturated rings. The van der Waals surface area contributed by atoms with Crippen molar-refractivity contribution in [3.05, 3.63) is 106 Å². The van der Waals surface area contributed by atoms with Gasteiger partial charge in [0, 0.05) is 23.4 Å². The Balaban J connectivity index is 1.28. The predicted molar refractivity (Wildman–Crippen MR) is 141 cm³/mol. The third kappa shape index (κ3) is 7.21. The van der Waals surface area contributed by atoms with E-state index in [-0.39, 0.29) is 12.8 Å². The van der Waals surface area contributed by atoms with Crippen molar-refractivity contribution in [1.29, 1.82) is 0 Å². The molecule has 0 aliphatic rings. The van der Waals surface area contributed by atoms with Gasteiger partial charge in [0.2, 0.25) is 11.8 Å². The molecule has 0 unspecified atom stereocenters. The fourth-order valence-corrected chi connectivity index (χ4v) is 4.05. The summed E-state index contributed by atoms with van der Waals surface area (Å²) in [5.74, 6) is 0.492. The van der Waals surface area contributed by atoms with Gasteiger partial charge in [-0.05, 0) is 48.4 Å². The highest BCUT2D eigenvalue weighted by Gasteiger charge is 2.21. The van der Waals surface area contributed by atoms with E-state index in [4.69, 9.17) is 20.8 Å². The quantitative estimate of drug-likeness (QED) is 0.280. The highest BCUT2D eigenvalue weighted by atomic mass is 35.5. The third-order valence-electron chi connectivity index (χ3n) is 5.83. The van der Waals surface area contributed by atoms with E-state index in [1.807, 2.05) is 37.3 Å². The van der Waals surface area contributed by atoms with Crippen molar-refractivity contribution in [3.8, 4) is 17.2 Å². The monoisotopic (exact) mass is 518 g/mol. The van der Waals surface area contributed by atoms with Gasteiger partial charge in [0.1, 0.15) is 17.6 Å². The lowest BCUT2D eigenvalue weighted by atomic mass is 10.0. The second-order valence-corrected chi connectivity index (χ2v) is 8.97. The van der Waals surface area contributed by atoms with Crippen LogP contribution in [0.5, 0.6) is 5.75 Å². The number of benzene rings is 3. The first kappa shape index (κ1) is 26.0. The SMILES string of the molecule is Cc1oc(-c2ccccc2)nc1CCOc1ccc(C[C@H](NC(=O)Cc2ccccc2Cl)C(=O)O)cc1. The van der Waals surface area contributed by atoms with E-state index in [1.54, 1.807) is 48.5 Å². The summed E-state index contributed by atoms with van der Waals surface area (Å²) in [7, 11) is 0. The zero-order chi connectivity index (χ0) is 26.2. The number of aromatic nitrogens is 1. The molecule has 0 bridgehead atoms. The molecule has 4 rings (SSSR count). The first-order valence-electron chi connectivity index (χ1n) is 11.9. The van der Waals surface area contributed by atoms with Crippen LogP contribution in [0.3, 0.4) is 0 Å². The van der Waals surface area contributed by atoms with Gasteiger partial charge in [-0.1, -0.05) is 60.1 Å². The maximum atomic E-state index is 12.4. The molecule has 0 spiro atoms. The van der Waals surface area contributed by atoms with Crippen LogP contribution in [0.25, 0.3) is 11.5 Å². The lowest BCUT2D eigenvalue weighted by molar-refractivity contribution is -0.141. The number of halogens is 1. The molecule has 0 aliphatic heterocycles. The van der Waals surface area contributed by atoms with Gasteiger partial charge < -0.3 is 19.6 Å². The highest BCUT2D eigenvalue weighted by Crippen LogP contribution is 2.22. The molecule has 0 aliphatic carbocycles. The molecule has 1 amide bonds. The molecule has 190 valence electrons. The number of carboxylic acid groups (broad SMARTS) is 1. The molecule has 0 radical (unpaired) electrons. The van der Waals surface area contributed by atoms with E-state index >= 15 is 0 Å². The lowest BCUT2D eigenvalue weighted by Crippen LogP contribution is -2.43. The summed E-state index contributed by atoms with van der Waals surface area (Å²) in [5.41, 5.74) is 3.17. The van der Waals surface area contributed by atoms with Gasteiger partial charge in [-0.3, -0.25) is 4.79 Å². The summed E-state index contributed by atoms with van der Waals surface area (Å²) in [4.78, 5) is 28.7. The molecule has 37 heavy (non-hydrogen) atoms. The Labute approximate surface area is 220 Å². The van der Waals surface area contributed by atoms with Gasteiger partial charge in [-0.15, -0.1) is 0 Å². The number of rotatable bonds is 11. The van der Waals surface area contributed by atoms with Crippen LogP contribution in [0.1, 0.15) is 22.6 Å². The lowest BCUT2D eigenvalue weighted by Gasteiger charge is -2.15. The molecule has 8 heteroatoms. The normalized spacial score (nSPS) is 11.6. The number of oxazole rings is 1. The van der Waals surface area contributed by atoms with Crippen LogP contribution in [0, 0.1) is 6.92 Å². The van der Waals surface area contributed by atoms with Crippen molar-refractivity contribution in [2.45, 2.75) is 32.2 Å². The number of hydrogen-bond acceptors (Lipinski definition) is 5. The first-order valence-corrected chi connectivity index (χ1v) is 12.3. The molecule has 0 saturated heterocycles. The fraction of sp³-hybridized carbons (Fsp3) is 0.207. The average molecular weight is 519 g/mol. The minimum Gasteiger partial charge on any atom is -0.493 e. The number of nitrogens with zero attached hydrogens (tertiary/aromatic N) is 1. The van der Waals surface area contributed by atoms with Crippen LogP contribution < -0.4 is 10.1 Å². The molecule has 2 N–H and O–H groups in total. The molecule has 4 aromatic rings. The van der Waals surface area contributed by atoms with Crippen LogP contribution in [0.4, 0.5) is 0 Å². The Hall–Kier alpha value is -4.10. The number of amides is 1. The third-order valence-corrected chi connectivity index (χ3v) is 6.20. The van der Waals surface area contributed by atoms with Crippen molar-refractivity contribution in [3.63, 3.8) is 0 Å². The summed E-state index contributed by atoms with van der Waals surface area (Å²) < 4.78 is 11.6. The minimum atomic E-state index is -1.11. The van der Waals surface area contributed by atoms with Crippen molar-refractivity contribution >= 4 is 23.5 Å². The molecule has 0 saturated carbocycles. The Morgan fingerprint density at radius 2 is 1.73 bits per heavy atom. The summed E-state index contributed by atoms with van der Waals surface area (Å²) in [6.45, 7) is 2.30. The Morgan fingerprint density at radius 1 is 1.03 bits per heavy atom. The molecule has 1 atom stereocenters. The van der Waals surface area contributed by atoms with Crippen molar-refractivity contribution in [1.82, 2.24) is 10.3 Å². The van der Waals surface area contributed by atoms with E-state index < -0.39 is 17.9 Å². The number of aliphatic carboxylic acids is 1. The van der Waals surface area contributed by atoms with Crippen LogP contribution >= 0.6 is 11.6 Å². The first-order chi connectivity index (χ1) is 17.9. The standard InChI is InChI=1S/C29H27ClN2O5/c1-19-25(32-28(37-19)21-7-3-2-4-8-21)15-16-36-23-13-11-20(12-14-23)17-26(29(34)35)31-27(33)18-22-9-5-6-10-24(22)30/h2-14,26H,15-18H2,1H3,(H,31,33)(H,34,35)/t26-/m0/s1.